The van der Waals surface area contributed by atoms with Crippen LogP contribution in [-0.2, 0) is 28.6 Å². The first kappa shape index (κ1) is 75.5. The molecule has 0 aliphatic carbocycles. The number of carbonyl (C=O) groups excluding carboxylic acids is 3. The highest BCUT2D eigenvalue weighted by Gasteiger charge is 2.19. The van der Waals surface area contributed by atoms with Gasteiger partial charge in [-0.25, -0.2) is 0 Å². The number of hydrogen-bond donors (Lipinski definition) is 0. The van der Waals surface area contributed by atoms with E-state index in [2.05, 4.69) is 154 Å². The Morgan fingerprint density at radius 3 is 0.762 bits per heavy atom. The monoisotopic (exact) mass is 1110 g/mol. The predicted octanol–water partition coefficient (Wildman–Crippen LogP) is 22.9. The van der Waals surface area contributed by atoms with Gasteiger partial charge in [0.15, 0.2) is 6.10 Å². The van der Waals surface area contributed by atoms with Gasteiger partial charge in [-0.05, 0) is 116 Å². The van der Waals surface area contributed by atoms with Crippen LogP contribution in [0.5, 0.6) is 0 Å². The van der Waals surface area contributed by atoms with E-state index < -0.39 is 6.10 Å². The van der Waals surface area contributed by atoms with Crippen LogP contribution in [0.15, 0.2) is 134 Å². The van der Waals surface area contributed by atoms with Crippen LogP contribution in [-0.4, -0.2) is 37.2 Å². The topological polar surface area (TPSA) is 78.9 Å². The maximum absolute atomic E-state index is 12.9. The van der Waals surface area contributed by atoms with Crippen molar-refractivity contribution < 1.29 is 28.6 Å². The molecule has 0 aromatic rings. The second-order valence-electron chi connectivity index (χ2n) is 21.6. The van der Waals surface area contributed by atoms with Crippen LogP contribution >= 0.6 is 0 Å². The minimum absolute atomic E-state index is 0.0887. The van der Waals surface area contributed by atoms with Gasteiger partial charge in [-0.2, -0.15) is 0 Å². The molecular formula is C74H122O6. The molecule has 0 aliphatic rings. The van der Waals surface area contributed by atoms with E-state index in [0.717, 1.165) is 141 Å². The molecule has 1 atom stereocenters. The first-order valence-corrected chi connectivity index (χ1v) is 33.2. The average molecular weight is 1110 g/mol. The van der Waals surface area contributed by atoms with Gasteiger partial charge in [-0.3, -0.25) is 14.4 Å². The highest BCUT2D eigenvalue weighted by atomic mass is 16.6. The van der Waals surface area contributed by atoms with Gasteiger partial charge in [0.1, 0.15) is 13.2 Å². The molecule has 6 heteroatoms. The fourth-order valence-corrected chi connectivity index (χ4v) is 9.00. The number of unbranched alkanes of at least 4 members (excludes halogenated alkanes) is 26. The summed E-state index contributed by atoms with van der Waals surface area (Å²) in [6.07, 6.45) is 94.7. The molecule has 0 saturated carbocycles. The van der Waals surface area contributed by atoms with Crippen LogP contribution < -0.4 is 0 Å². The maximum atomic E-state index is 12.9. The molecule has 0 amide bonds. The van der Waals surface area contributed by atoms with E-state index >= 15 is 0 Å². The van der Waals surface area contributed by atoms with Crippen LogP contribution in [0.4, 0.5) is 0 Å². The van der Waals surface area contributed by atoms with E-state index in [1.54, 1.807) is 0 Å². The van der Waals surface area contributed by atoms with Crippen molar-refractivity contribution in [3.8, 4) is 0 Å². The van der Waals surface area contributed by atoms with E-state index in [1.165, 1.54) is 116 Å². The summed E-state index contributed by atoms with van der Waals surface area (Å²) < 4.78 is 16.9. The van der Waals surface area contributed by atoms with Gasteiger partial charge < -0.3 is 14.2 Å². The SMILES string of the molecule is CC/C=C\C/C=C\C/C=C\C/C=C\C/C=C\C/C=C\C/C=C\CCCCCCCCCCCCCC(=O)OCC(COC(=O)CCCCCCCCCCCCCC)OC(=O)CCCCCC/C=C\C/C=C\C/C=C\C/C=C\CC. The number of hydrogen-bond acceptors (Lipinski definition) is 6. The standard InChI is InChI=1S/C74H122O6/c1-4-7-10-13-16-19-22-25-27-29-30-31-32-33-34-35-36-37-38-39-40-41-42-43-44-46-47-49-52-55-58-61-64-67-73(76)79-70-71(69-78-72(75)66-63-60-57-54-51-24-21-18-15-12-9-6-3)80-74(77)68-65-62-59-56-53-50-48-45-28-26-23-20-17-14-11-8-5-2/h7-8,10-11,16-17,19-20,25-28,30-31,33-34,36-37,39-40,48,50,71H,4-6,9,12-15,18,21-24,29,32,35,38,41-47,49,51-70H2,1-3H3/b10-7-,11-8-,19-16-,20-17-,27-25-,28-26-,31-30-,34-33-,37-36-,40-39-,50-48-. The first-order valence-electron chi connectivity index (χ1n) is 33.2. The zero-order valence-electron chi connectivity index (χ0n) is 52.0. The van der Waals surface area contributed by atoms with Crippen molar-refractivity contribution in [3.05, 3.63) is 134 Å². The lowest BCUT2D eigenvalue weighted by molar-refractivity contribution is -0.167. The molecule has 0 N–H and O–H groups in total. The van der Waals surface area contributed by atoms with Crippen molar-refractivity contribution in [1.29, 1.82) is 0 Å². The summed E-state index contributed by atoms with van der Waals surface area (Å²) in [5.41, 5.74) is 0. The van der Waals surface area contributed by atoms with Crippen molar-refractivity contribution in [2.24, 2.45) is 0 Å². The highest BCUT2D eigenvalue weighted by Crippen LogP contribution is 2.16. The molecule has 0 saturated heterocycles. The molecule has 80 heavy (non-hydrogen) atoms. The molecule has 0 fully saturated rings. The fourth-order valence-electron chi connectivity index (χ4n) is 9.00. The number of rotatable bonds is 59. The minimum atomic E-state index is -0.794. The van der Waals surface area contributed by atoms with Gasteiger partial charge >= 0.3 is 17.9 Å². The van der Waals surface area contributed by atoms with Gasteiger partial charge in [-0.1, -0.05) is 296 Å². The molecule has 0 heterocycles. The quantitative estimate of drug-likeness (QED) is 0.0261. The van der Waals surface area contributed by atoms with Crippen molar-refractivity contribution in [2.45, 2.75) is 303 Å². The lowest BCUT2D eigenvalue weighted by atomic mass is 10.0. The third-order valence-electron chi connectivity index (χ3n) is 13.9. The van der Waals surface area contributed by atoms with Gasteiger partial charge in [0, 0.05) is 19.3 Å². The van der Waals surface area contributed by atoms with Crippen LogP contribution in [0.1, 0.15) is 297 Å². The molecule has 0 rings (SSSR count). The van der Waals surface area contributed by atoms with Crippen molar-refractivity contribution in [3.63, 3.8) is 0 Å². The number of allylic oxidation sites excluding steroid dienone is 22. The van der Waals surface area contributed by atoms with Crippen molar-refractivity contribution >= 4 is 17.9 Å². The summed E-state index contributed by atoms with van der Waals surface area (Å²) >= 11 is 0. The maximum Gasteiger partial charge on any atom is 0.306 e. The van der Waals surface area contributed by atoms with Gasteiger partial charge in [0.05, 0.1) is 0 Å². The smallest absolute Gasteiger partial charge is 0.306 e. The minimum Gasteiger partial charge on any atom is -0.462 e. The molecule has 0 bridgehead atoms. The Bertz CT molecular complexity index is 1700. The summed E-state index contributed by atoms with van der Waals surface area (Å²) in [5.74, 6) is -0.911. The Kier molecular flexibility index (Phi) is 63.3. The van der Waals surface area contributed by atoms with E-state index in [0.29, 0.717) is 19.3 Å². The lowest BCUT2D eigenvalue weighted by Crippen LogP contribution is -2.30. The highest BCUT2D eigenvalue weighted by molar-refractivity contribution is 5.71. The van der Waals surface area contributed by atoms with Crippen LogP contribution in [0, 0.1) is 0 Å². The molecule has 0 aromatic carbocycles. The summed E-state index contributed by atoms with van der Waals surface area (Å²) in [6, 6.07) is 0. The molecular weight excluding hydrogens is 985 g/mol. The summed E-state index contributed by atoms with van der Waals surface area (Å²) in [5, 5.41) is 0. The van der Waals surface area contributed by atoms with Crippen LogP contribution in [0.2, 0.25) is 0 Å². The molecule has 0 radical (unpaired) electrons. The molecule has 1 unspecified atom stereocenters. The largest absolute Gasteiger partial charge is 0.462 e. The fraction of sp³-hybridized carbons (Fsp3) is 0.662. The molecule has 6 nitrogen and oxygen atoms in total. The molecule has 0 aromatic heterocycles. The Morgan fingerprint density at radius 2 is 0.487 bits per heavy atom. The zero-order valence-corrected chi connectivity index (χ0v) is 52.0. The Balaban J connectivity index is 4.25. The first-order chi connectivity index (χ1) is 39.5. The number of ether oxygens (including phenoxy) is 3. The second kappa shape index (κ2) is 67.1. The van der Waals surface area contributed by atoms with Gasteiger partial charge in [-0.15, -0.1) is 0 Å². The summed E-state index contributed by atoms with van der Waals surface area (Å²) in [7, 11) is 0. The van der Waals surface area contributed by atoms with Gasteiger partial charge in [0.25, 0.3) is 0 Å². The summed E-state index contributed by atoms with van der Waals surface area (Å²) in [4.78, 5) is 38.3. The van der Waals surface area contributed by atoms with E-state index in [4.69, 9.17) is 14.2 Å². The number of carbonyl (C=O) groups is 3. The molecule has 454 valence electrons. The average Bonchev–Trinajstić information content (AvgIpc) is 3.46. The lowest BCUT2D eigenvalue weighted by Gasteiger charge is -2.18. The molecule has 0 aliphatic heterocycles. The van der Waals surface area contributed by atoms with Crippen LogP contribution in [0.3, 0.4) is 0 Å². The van der Waals surface area contributed by atoms with Crippen molar-refractivity contribution in [2.75, 3.05) is 13.2 Å². The van der Waals surface area contributed by atoms with E-state index in [1.807, 2.05) is 0 Å². The third-order valence-corrected chi connectivity index (χ3v) is 13.9. The zero-order chi connectivity index (χ0) is 57.8. The Labute approximate surface area is 494 Å². The number of esters is 3. The predicted molar refractivity (Wildman–Crippen MR) is 348 cm³/mol. The Hall–Kier alpha value is -4.45. The molecule has 0 spiro atoms. The third kappa shape index (κ3) is 64.4. The van der Waals surface area contributed by atoms with Crippen molar-refractivity contribution in [1.82, 2.24) is 0 Å². The van der Waals surface area contributed by atoms with Gasteiger partial charge in [0.2, 0.25) is 0 Å². The Morgan fingerprint density at radius 1 is 0.263 bits per heavy atom. The van der Waals surface area contributed by atoms with E-state index in [-0.39, 0.29) is 31.1 Å². The van der Waals surface area contributed by atoms with E-state index in [9.17, 15) is 14.4 Å². The normalized spacial score (nSPS) is 13.0. The summed E-state index contributed by atoms with van der Waals surface area (Å²) in [6.45, 7) is 6.40. The second-order valence-corrected chi connectivity index (χ2v) is 21.6. The van der Waals surface area contributed by atoms with Crippen LogP contribution in [0.25, 0.3) is 0 Å².